The van der Waals surface area contributed by atoms with Gasteiger partial charge in [0.25, 0.3) is 0 Å². The maximum absolute atomic E-state index is 5.29. The number of nitrogens with zero attached hydrogens (tertiary/aromatic N) is 4. The summed E-state index contributed by atoms with van der Waals surface area (Å²) in [6.07, 6.45) is 6.02. The van der Waals surface area contributed by atoms with Gasteiger partial charge in [-0.15, -0.1) is 0 Å². The summed E-state index contributed by atoms with van der Waals surface area (Å²) < 4.78 is 5.29. The number of H-pyrrole nitrogens is 1. The molecule has 1 fully saturated rings. The number of methoxy groups -OCH3 is 1. The van der Waals surface area contributed by atoms with Gasteiger partial charge in [-0.3, -0.25) is 0 Å². The van der Waals surface area contributed by atoms with Crippen LogP contribution in [0.3, 0.4) is 0 Å². The van der Waals surface area contributed by atoms with Crippen LogP contribution in [-0.4, -0.2) is 40.1 Å². The Labute approximate surface area is 143 Å². The van der Waals surface area contributed by atoms with Gasteiger partial charge in [0.1, 0.15) is 17.5 Å². The van der Waals surface area contributed by atoms with Crippen LogP contribution >= 0.6 is 0 Å². The maximum atomic E-state index is 5.29. The minimum atomic E-state index is -0.0886. The number of aromatic amines is 1. The molecule has 0 aliphatic carbocycles. The van der Waals surface area contributed by atoms with Crippen molar-refractivity contribution >= 4 is 5.82 Å². The number of hydrogen-bond donors (Lipinski definition) is 1. The van der Waals surface area contributed by atoms with E-state index in [4.69, 9.17) is 9.72 Å². The molecule has 0 aromatic carbocycles. The van der Waals surface area contributed by atoms with E-state index in [1.54, 1.807) is 7.11 Å². The predicted octanol–water partition coefficient (Wildman–Crippen LogP) is 3.03. The molecule has 24 heavy (non-hydrogen) atoms. The van der Waals surface area contributed by atoms with Gasteiger partial charge in [0.05, 0.1) is 12.3 Å². The van der Waals surface area contributed by atoms with Crippen LogP contribution in [0.4, 0.5) is 5.82 Å². The predicted molar refractivity (Wildman–Crippen MR) is 94.2 cm³/mol. The van der Waals surface area contributed by atoms with Gasteiger partial charge in [-0.2, -0.15) is 0 Å². The highest BCUT2D eigenvalue weighted by molar-refractivity contribution is 5.42. The molecule has 1 aliphatic heterocycles. The van der Waals surface area contributed by atoms with Gasteiger partial charge in [0.15, 0.2) is 0 Å². The zero-order chi connectivity index (χ0) is 17.2. The Morgan fingerprint density at radius 3 is 2.83 bits per heavy atom. The summed E-state index contributed by atoms with van der Waals surface area (Å²) in [5.41, 5.74) is 0.849. The van der Waals surface area contributed by atoms with Gasteiger partial charge in [0.2, 0.25) is 0 Å². The second-order valence-corrected chi connectivity index (χ2v) is 7.48. The first-order chi connectivity index (χ1) is 11.5. The molecule has 1 N–H and O–H groups in total. The third-order valence-corrected chi connectivity index (χ3v) is 4.38. The second kappa shape index (κ2) is 6.89. The van der Waals surface area contributed by atoms with Crippen LogP contribution in [0.2, 0.25) is 0 Å². The lowest BCUT2D eigenvalue weighted by Crippen LogP contribution is -2.36. The van der Waals surface area contributed by atoms with Crippen LogP contribution in [0.25, 0.3) is 0 Å². The number of piperidine rings is 1. The van der Waals surface area contributed by atoms with Crippen LogP contribution in [0.5, 0.6) is 0 Å². The number of rotatable bonds is 4. The van der Waals surface area contributed by atoms with Crippen LogP contribution in [0.15, 0.2) is 18.5 Å². The molecule has 2 aromatic rings. The van der Waals surface area contributed by atoms with Gasteiger partial charge >= 0.3 is 0 Å². The smallest absolute Gasteiger partial charge is 0.136 e. The monoisotopic (exact) mass is 329 g/mol. The molecular weight excluding hydrogens is 302 g/mol. The average Bonchev–Trinajstić information content (AvgIpc) is 3.09. The first-order valence-corrected chi connectivity index (χ1v) is 8.59. The van der Waals surface area contributed by atoms with Crippen molar-refractivity contribution in [1.29, 1.82) is 0 Å². The minimum Gasteiger partial charge on any atom is -0.378 e. The highest BCUT2D eigenvalue weighted by Gasteiger charge is 2.26. The van der Waals surface area contributed by atoms with Crippen molar-refractivity contribution < 1.29 is 4.74 Å². The standard InChI is InChI=1S/C18H27N5O/c1-18(2,3)17-21-14(12-24-4)10-15(22-17)23-9-5-6-13(11-23)16-19-7-8-20-16/h7-8,10,13H,5-6,9,11-12H2,1-4H3,(H,19,20). The molecule has 0 saturated carbocycles. The molecule has 6 nitrogen and oxygen atoms in total. The first-order valence-electron chi connectivity index (χ1n) is 8.59. The van der Waals surface area contributed by atoms with Gasteiger partial charge in [-0.05, 0) is 12.8 Å². The van der Waals surface area contributed by atoms with E-state index in [-0.39, 0.29) is 5.41 Å². The molecule has 1 unspecified atom stereocenters. The summed E-state index contributed by atoms with van der Waals surface area (Å²) >= 11 is 0. The summed E-state index contributed by atoms with van der Waals surface area (Å²) in [5, 5.41) is 0. The lowest BCUT2D eigenvalue weighted by Gasteiger charge is -2.33. The molecule has 0 spiro atoms. The molecule has 0 amide bonds. The Kier molecular flexibility index (Phi) is 4.85. The Bertz CT molecular complexity index is 663. The van der Waals surface area contributed by atoms with Gasteiger partial charge < -0.3 is 14.6 Å². The summed E-state index contributed by atoms with van der Waals surface area (Å²) in [5.74, 6) is 3.36. The second-order valence-electron chi connectivity index (χ2n) is 7.48. The normalized spacial score (nSPS) is 18.8. The number of nitrogens with one attached hydrogen (secondary N) is 1. The van der Waals surface area contributed by atoms with Crippen LogP contribution in [-0.2, 0) is 16.8 Å². The van der Waals surface area contributed by atoms with Crippen molar-refractivity contribution in [2.45, 2.75) is 51.6 Å². The fourth-order valence-corrected chi connectivity index (χ4v) is 3.11. The van der Waals surface area contributed by atoms with Crippen LogP contribution in [0.1, 0.15) is 56.9 Å². The van der Waals surface area contributed by atoms with Gasteiger partial charge in [0, 0.05) is 50.0 Å². The van der Waals surface area contributed by atoms with E-state index in [0.29, 0.717) is 12.5 Å². The van der Waals surface area contributed by atoms with Crippen molar-refractivity contribution in [3.05, 3.63) is 35.8 Å². The van der Waals surface area contributed by atoms with Crippen molar-refractivity contribution in [3.8, 4) is 0 Å². The molecule has 2 aromatic heterocycles. The number of hydrogen-bond acceptors (Lipinski definition) is 5. The molecule has 1 aliphatic rings. The Morgan fingerprint density at radius 2 is 2.17 bits per heavy atom. The molecule has 0 radical (unpaired) electrons. The molecule has 0 bridgehead atoms. The molecule has 6 heteroatoms. The highest BCUT2D eigenvalue weighted by atomic mass is 16.5. The van der Waals surface area contributed by atoms with Crippen molar-refractivity contribution in [2.24, 2.45) is 0 Å². The molecule has 1 atom stereocenters. The Morgan fingerprint density at radius 1 is 1.33 bits per heavy atom. The van der Waals surface area contributed by atoms with Crippen molar-refractivity contribution in [2.75, 3.05) is 25.1 Å². The first kappa shape index (κ1) is 16.9. The van der Waals surface area contributed by atoms with Gasteiger partial charge in [-0.25, -0.2) is 15.0 Å². The Hall–Kier alpha value is -1.95. The topological polar surface area (TPSA) is 66.9 Å². The van der Waals surface area contributed by atoms with E-state index in [9.17, 15) is 0 Å². The van der Waals surface area contributed by atoms with Crippen molar-refractivity contribution in [3.63, 3.8) is 0 Å². The molecule has 3 heterocycles. The maximum Gasteiger partial charge on any atom is 0.136 e. The summed E-state index contributed by atoms with van der Waals surface area (Å²) in [6.45, 7) is 8.89. The number of aromatic nitrogens is 4. The van der Waals surface area contributed by atoms with E-state index >= 15 is 0 Å². The lowest BCUT2D eigenvalue weighted by atomic mass is 9.95. The zero-order valence-corrected chi connectivity index (χ0v) is 15.0. The van der Waals surface area contributed by atoms with Gasteiger partial charge in [-0.1, -0.05) is 20.8 Å². The molecule has 130 valence electrons. The molecular formula is C18H27N5O. The third kappa shape index (κ3) is 3.75. The summed E-state index contributed by atoms with van der Waals surface area (Å²) in [4.78, 5) is 19.6. The molecule has 1 saturated heterocycles. The lowest BCUT2D eigenvalue weighted by molar-refractivity contribution is 0.181. The Balaban J connectivity index is 1.88. The number of anilines is 1. The van der Waals surface area contributed by atoms with E-state index in [1.165, 1.54) is 0 Å². The summed E-state index contributed by atoms with van der Waals surface area (Å²) in [7, 11) is 1.70. The number of ether oxygens (including phenoxy) is 1. The van der Waals surface area contributed by atoms with Crippen LogP contribution < -0.4 is 4.90 Å². The fraction of sp³-hybridized carbons (Fsp3) is 0.611. The fourth-order valence-electron chi connectivity index (χ4n) is 3.11. The largest absolute Gasteiger partial charge is 0.378 e. The van der Waals surface area contributed by atoms with E-state index in [1.807, 2.05) is 12.4 Å². The third-order valence-electron chi connectivity index (χ3n) is 4.38. The average molecular weight is 329 g/mol. The molecule has 3 rings (SSSR count). The van der Waals surface area contributed by atoms with Crippen LogP contribution in [0, 0.1) is 0 Å². The number of imidazole rings is 1. The highest BCUT2D eigenvalue weighted by Crippen LogP contribution is 2.29. The summed E-state index contributed by atoms with van der Waals surface area (Å²) in [6, 6.07) is 2.06. The van der Waals surface area contributed by atoms with E-state index < -0.39 is 0 Å². The SMILES string of the molecule is COCc1cc(N2CCCC(c3ncc[nH]3)C2)nc(C(C)(C)C)n1. The zero-order valence-electron chi connectivity index (χ0n) is 15.0. The quantitative estimate of drug-likeness (QED) is 0.934. The van der Waals surface area contributed by atoms with E-state index in [0.717, 1.165) is 49.1 Å². The van der Waals surface area contributed by atoms with Crippen molar-refractivity contribution in [1.82, 2.24) is 19.9 Å². The van der Waals surface area contributed by atoms with E-state index in [2.05, 4.69) is 46.7 Å². The minimum absolute atomic E-state index is 0.0886.